The van der Waals surface area contributed by atoms with E-state index in [-0.39, 0.29) is 11.4 Å². The summed E-state index contributed by atoms with van der Waals surface area (Å²) < 4.78 is 2.19. The van der Waals surface area contributed by atoms with Crippen molar-refractivity contribution in [3.63, 3.8) is 0 Å². The van der Waals surface area contributed by atoms with Crippen LogP contribution < -0.4 is 0 Å². The van der Waals surface area contributed by atoms with Gasteiger partial charge in [-0.05, 0) is 47.8 Å². The Kier molecular flexibility index (Phi) is 5.47. The van der Waals surface area contributed by atoms with Gasteiger partial charge >= 0.3 is 0 Å². The van der Waals surface area contributed by atoms with Crippen molar-refractivity contribution in [2.24, 2.45) is 10.1 Å². The summed E-state index contributed by atoms with van der Waals surface area (Å²) in [5, 5.41) is 19.2. The number of amidine groups is 2. The number of aryl methyl sites for hydroxylation is 1. The summed E-state index contributed by atoms with van der Waals surface area (Å²) in [6, 6.07) is 20.7. The normalized spacial score (nSPS) is 16.7. The van der Waals surface area contributed by atoms with E-state index >= 15 is 0 Å². The molecule has 0 radical (unpaired) electrons. The molecule has 0 saturated heterocycles. The van der Waals surface area contributed by atoms with E-state index < -0.39 is 5.91 Å². The summed E-state index contributed by atoms with van der Waals surface area (Å²) in [4.78, 5) is 18.4. The number of carbonyl (C=O) groups is 1. The average molecular weight is 496 g/mol. The van der Waals surface area contributed by atoms with E-state index in [1.54, 1.807) is 17.4 Å². The van der Waals surface area contributed by atoms with Crippen LogP contribution in [0.1, 0.15) is 21.6 Å². The van der Waals surface area contributed by atoms with Gasteiger partial charge in [-0.1, -0.05) is 54.1 Å². The number of hydrogen-bond donors (Lipinski definition) is 1. The van der Waals surface area contributed by atoms with Crippen molar-refractivity contribution in [2.45, 2.75) is 19.9 Å². The monoisotopic (exact) mass is 495 g/mol. The second kappa shape index (κ2) is 8.79. The number of fused-ring (bicyclic) bond motifs is 2. The fraction of sp³-hybridized carbons (Fsp3) is 0.111. The zero-order valence-corrected chi connectivity index (χ0v) is 20.6. The molecule has 0 fully saturated rings. The van der Waals surface area contributed by atoms with Crippen molar-refractivity contribution in [3.05, 3.63) is 99.4 Å². The van der Waals surface area contributed by atoms with Gasteiger partial charge in [0, 0.05) is 40.5 Å². The zero-order chi connectivity index (χ0) is 23.9. The van der Waals surface area contributed by atoms with Gasteiger partial charge in [-0.3, -0.25) is 10.2 Å². The molecule has 0 unspecified atom stereocenters. The van der Waals surface area contributed by atoms with Crippen LogP contribution in [0.4, 0.5) is 0 Å². The lowest BCUT2D eigenvalue weighted by atomic mass is 10.1. The lowest BCUT2D eigenvalue weighted by Gasteiger charge is -2.20. The van der Waals surface area contributed by atoms with E-state index in [1.807, 2.05) is 35.8 Å². The Hall–Kier alpha value is -3.75. The van der Waals surface area contributed by atoms with Crippen molar-refractivity contribution in [1.82, 2.24) is 9.58 Å². The third kappa shape index (κ3) is 4.15. The Bertz CT molecular complexity index is 1580. The van der Waals surface area contributed by atoms with Gasteiger partial charge in [0.25, 0.3) is 5.91 Å². The van der Waals surface area contributed by atoms with Gasteiger partial charge < -0.3 is 4.57 Å². The topological polar surface area (TPSA) is 73.8 Å². The summed E-state index contributed by atoms with van der Waals surface area (Å²) in [7, 11) is 0. The molecule has 172 valence electrons. The lowest BCUT2D eigenvalue weighted by Crippen LogP contribution is -2.35. The molecule has 35 heavy (non-hydrogen) atoms. The van der Waals surface area contributed by atoms with E-state index in [4.69, 9.17) is 5.41 Å². The molecular weight excluding hydrogens is 474 g/mol. The highest BCUT2D eigenvalue weighted by atomic mass is 32.2. The number of para-hydroxylation sites is 1. The van der Waals surface area contributed by atoms with Gasteiger partial charge in [-0.25, -0.2) is 0 Å². The molecule has 4 aromatic rings. The van der Waals surface area contributed by atoms with Crippen molar-refractivity contribution >= 4 is 62.0 Å². The van der Waals surface area contributed by atoms with Gasteiger partial charge in [-0.15, -0.1) is 11.3 Å². The second-order valence-corrected chi connectivity index (χ2v) is 10.6. The largest absolute Gasteiger partial charge is 0.342 e. The number of thiophene rings is 1. The predicted octanol–water partition coefficient (Wildman–Crippen LogP) is 5.92. The number of amides is 1. The Balaban J connectivity index is 1.35. The van der Waals surface area contributed by atoms with Crippen LogP contribution in [-0.4, -0.2) is 31.5 Å². The van der Waals surface area contributed by atoms with E-state index in [9.17, 15) is 4.79 Å². The smallest absolute Gasteiger partial charge is 0.283 e. The van der Waals surface area contributed by atoms with E-state index in [2.05, 4.69) is 58.0 Å². The van der Waals surface area contributed by atoms with Crippen molar-refractivity contribution < 1.29 is 4.79 Å². The molecule has 8 heteroatoms. The third-order valence-corrected chi connectivity index (χ3v) is 7.74. The molecule has 2 aliphatic heterocycles. The quantitative estimate of drug-likeness (QED) is 0.349. The molecule has 6 rings (SSSR count). The van der Waals surface area contributed by atoms with Crippen LogP contribution in [0.3, 0.4) is 0 Å². The SMILES string of the molecule is Cc1cccc(Cn2cc(/C=C3\C(=N)N4N=C(Cc5cccs5)SC4=NC3=O)c3ccccc32)c1. The number of carbonyl (C=O) groups excluding carboxylic acids is 1. The van der Waals surface area contributed by atoms with Crippen LogP contribution in [0.15, 0.2) is 87.9 Å². The number of hydrogen-bond acceptors (Lipinski definition) is 5. The molecule has 4 heterocycles. The van der Waals surface area contributed by atoms with Crippen molar-refractivity contribution in [2.75, 3.05) is 0 Å². The number of nitrogens with zero attached hydrogens (tertiary/aromatic N) is 4. The summed E-state index contributed by atoms with van der Waals surface area (Å²) in [5.41, 5.74) is 4.64. The fourth-order valence-corrected chi connectivity index (χ4v) is 6.06. The maximum atomic E-state index is 13.0. The second-order valence-electron chi connectivity index (χ2n) is 8.49. The van der Waals surface area contributed by atoms with Gasteiger partial charge in [0.15, 0.2) is 5.84 Å². The maximum absolute atomic E-state index is 13.0. The molecule has 0 aliphatic carbocycles. The van der Waals surface area contributed by atoms with E-state index in [1.165, 1.54) is 32.8 Å². The number of nitrogens with one attached hydrogen (secondary N) is 1. The number of benzene rings is 2. The molecule has 0 atom stereocenters. The van der Waals surface area contributed by atoms with Gasteiger partial charge in [0.2, 0.25) is 5.17 Å². The first-order valence-corrected chi connectivity index (χ1v) is 12.9. The summed E-state index contributed by atoms with van der Waals surface area (Å²) >= 11 is 3.02. The Morgan fingerprint density at radius 3 is 2.80 bits per heavy atom. The molecule has 2 aliphatic rings. The first-order valence-electron chi connectivity index (χ1n) is 11.2. The highest BCUT2D eigenvalue weighted by Crippen LogP contribution is 2.31. The minimum absolute atomic E-state index is 0.0594. The van der Waals surface area contributed by atoms with Gasteiger partial charge in [0.1, 0.15) is 5.04 Å². The fourth-order valence-electron chi connectivity index (χ4n) is 4.35. The minimum Gasteiger partial charge on any atom is -0.342 e. The average Bonchev–Trinajstić information content (AvgIpc) is 3.57. The highest BCUT2D eigenvalue weighted by Gasteiger charge is 2.35. The van der Waals surface area contributed by atoms with Crippen LogP contribution >= 0.6 is 23.1 Å². The third-order valence-electron chi connectivity index (χ3n) is 5.96. The molecule has 0 spiro atoms. The predicted molar refractivity (Wildman–Crippen MR) is 145 cm³/mol. The van der Waals surface area contributed by atoms with Crippen molar-refractivity contribution in [3.8, 4) is 0 Å². The maximum Gasteiger partial charge on any atom is 0.283 e. The Labute approximate surface area is 210 Å². The highest BCUT2D eigenvalue weighted by molar-refractivity contribution is 8.27. The van der Waals surface area contributed by atoms with E-state index in [0.717, 1.165) is 28.1 Å². The lowest BCUT2D eigenvalue weighted by molar-refractivity contribution is -0.114. The van der Waals surface area contributed by atoms with Gasteiger partial charge in [-0.2, -0.15) is 15.1 Å². The van der Waals surface area contributed by atoms with Crippen LogP contribution in [-0.2, 0) is 17.8 Å². The number of rotatable bonds is 5. The first-order chi connectivity index (χ1) is 17.0. The molecule has 0 saturated carbocycles. The number of hydrazone groups is 1. The summed E-state index contributed by atoms with van der Waals surface area (Å²) in [6.07, 6.45) is 4.49. The zero-order valence-electron chi connectivity index (χ0n) is 18.9. The number of thioether (sulfide) groups is 1. The van der Waals surface area contributed by atoms with Crippen LogP contribution in [0.2, 0.25) is 0 Å². The number of aromatic nitrogens is 1. The molecule has 6 nitrogen and oxygen atoms in total. The van der Waals surface area contributed by atoms with Crippen LogP contribution in [0.5, 0.6) is 0 Å². The molecule has 2 aromatic carbocycles. The first kappa shape index (κ1) is 21.8. The van der Waals surface area contributed by atoms with Crippen LogP contribution in [0, 0.1) is 12.3 Å². The molecule has 2 aromatic heterocycles. The van der Waals surface area contributed by atoms with Crippen LogP contribution in [0.25, 0.3) is 17.0 Å². The van der Waals surface area contributed by atoms with Crippen molar-refractivity contribution in [1.29, 1.82) is 5.41 Å². The molecular formula is C27H21N5OS2. The summed E-state index contributed by atoms with van der Waals surface area (Å²) in [5.74, 6) is -0.346. The molecule has 0 bridgehead atoms. The van der Waals surface area contributed by atoms with Gasteiger partial charge in [0.05, 0.1) is 5.57 Å². The minimum atomic E-state index is -0.406. The van der Waals surface area contributed by atoms with E-state index in [0.29, 0.717) is 11.6 Å². The summed E-state index contributed by atoms with van der Waals surface area (Å²) in [6.45, 7) is 2.81. The Morgan fingerprint density at radius 2 is 1.97 bits per heavy atom. The molecule has 1 amide bonds. The number of aliphatic imine (C=N–C) groups is 1. The molecule has 1 N–H and O–H groups in total. The standard InChI is InChI=1S/C27H21N5OS2/c1-17-6-4-7-18(12-17)15-31-16-19(21-9-2-3-10-23(21)31)13-22-25(28)32-27(29-26(22)33)35-24(30-32)14-20-8-5-11-34-20/h2-13,16,28H,14-15H2,1H3/b22-13+,28-25?. The Morgan fingerprint density at radius 1 is 1.09 bits per heavy atom.